The lowest BCUT2D eigenvalue weighted by Gasteiger charge is -2.17. The second-order valence-corrected chi connectivity index (χ2v) is 4.68. The second-order valence-electron chi connectivity index (χ2n) is 4.68. The van der Waals surface area contributed by atoms with E-state index in [2.05, 4.69) is 23.5 Å². The summed E-state index contributed by atoms with van der Waals surface area (Å²) in [5, 5.41) is 1.16. The number of benzene rings is 1. The molecule has 0 aliphatic carbocycles. The number of rotatable bonds is 1. The van der Waals surface area contributed by atoms with Crippen molar-refractivity contribution < 1.29 is 4.79 Å². The molecule has 2 aromatic rings. The molecule has 0 saturated heterocycles. The molecule has 0 radical (unpaired) electrons. The number of carbonyl (C=O) groups is 1. The van der Waals surface area contributed by atoms with Crippen molar-refractivity contribution in [2.45, 2.75) is 6.42 Å². The molecule has 3 nitrogen and oxygen atoms in total. The molecular weight excluding hydrogens is 236 g/mol. The topological polar surface area (TPSA) is 36.1 Å². The maximum Gasteiger partial charge on any atom is 0.256 e. The molecule has 0 bridgehead atoms. The van der Waals surface area contributed by atoms with E-state index in [1.165, 1.54) is 0 Å². The number of aromatic amines is 1. The van der Waals surface area contributed by atoms with Crippen molar-refractivity contribution in [3.05, 3.63) is 42.1 Å². The second kappa shape index (κ2) is 4.33. The minimum Gasteiger partial charge on any atom is -0.354 e. The van der Waals surface area contributed by atoms with E-state index < -0.39 is 0 Å². The highest BCUT2D eigenvalue weighted by atomic mass is 16.2. The summed E-state index contributed by atoms with van der Waals surface area (Å²) in [6.07, 6.45) is 6.11. The number of terminal acetylenes is 1. The quantitative estimate of drug-likeness (QED) is 0.611. The molecule has 1 amide bonds. The molecule has 3 heteroatoms. The van der Waals surface area contributed by atoms with E-state index >= 15 is 0 Å². The van der Waals surface area contributed by atoms with E-state index in [0.29, 0.717) is 18.7 Å². The molecule has 1 aliphatic heterocycles. The monoisotopic (exact) mass is 250 g/mol. The van der Waals surface area contributed by atoms with Crippen LogP contribution in [0.2, 0.25) is 0 Å². The van der Waals surface area contributed by atoms with Gasteiger partial charge in [0.25, 0.3) is 5.91 Å². The molecule has 94 valence electrons. The van der Waals surface area contributed by atoms with Crippen LogP contribution in [-0.2, 0) is 11.2 Å². The Labute approximate surface area is 111 Å². The van der Waals surface area contributed by atoms with Gasteiger partial charge in [0.1, 0.15) is 0 Å². The first-order valence-corrected chi connectivity index (χ1v) is 6.24. The highest BCUT2D eigenvalue weighted by molar-refractivity contribution is 6.20. The Morgan fingerprint density at radius 3 is 3.00 bits per heavy atom. The molecule has 0 unspecified atom stereocenters. The SMILES string of the molecule is C#CCN1CCc2c([nH]c3ccccc23)C(=C)C1=O. The number of amides is 1. The summed E-state index contributed by atoms with van der Waals surface area (Å²) in [5.41, 5.74) is 3.56. The van der Waals surface area contributed by atoms with Gasteiger partial charge in [0.05, 0.1) is 17.8 Å². The van der Waals surface area contributed by atoms with Gasteiger partial charge in [-0.2, -0.15) is 0 Å². The molecule has 0 atom stereocenters. The van der Waals surface area contributed by atoms with Crippen LogP contribution in [-0.4, -0.2) is 28.9 Å². The number of fused-ring (bicyclic) bond motifs is 3. The van der Waals surface area contributed by atoms with Crippen molar-refractivity contribution in [1.82, 2.24) is 9.88 Å². The van der Waals surface area contributed by atoms with Crippen molar-refractivity contribution in [2.75, 3.05) is 13.1 Å². The van der Waals surface area contributed by atoms with Gasteiger partial charge in [0.15, 0.2) is 0 Å². The first-order valence-electron chi connectivity index (χ1n) is 6.24. The van der Waals surface area contributed by atoms with Gasteiger partial charge >= 0.3 is 0 Å². The Morgan fingerprint density at radius 1 is 1.42 bits per heavy atom. The van der Waals surface area contributed by atoms with Crippen LogP contribution in [0, 0.1) is 12.3 Å². The summed E-state index contributed by atoms with van der Waals surface area (Å²) < 4.78 is 0. The van der Waals surface area contributed by atoms with Crippen LogP contribution < -0.4 is 0 Å². The molecule has 1 aromatic carbocycles. The van der Waals surface area contributed by atoms with Crippen LogP contribution in [0.3, 0.4) is 0 Å². The van der Waals surface area contributed by atoms with Crippen LogP contribution in [0.1, 0.15) is 11.3 Å². The van der Waals surface area contributed by atoms with Crippen molar-refractivity contribution in [3.63, 3.8) is 0 Å². The zero-order valence-corrected chi connectivity index (χ0v) is 10.6. The van der Waals surface area contributed by atoms with Crippen molar-refractivity contribution in [1.29, 1.82) is 0 Å². The first-order chi connectivity index (χ1) is 9.22. The molecule has 1 aromatic heterocycles. The molecule has 0 spiro atoms. The lowest BCUT2D eigenvalue weighted by atomic mass is 10.1. The van der Waals surface area contributed by atoms with Gasteiger partial charge < -0.3 is 9.88 Å². The molecule has 0 saturated carbocycles. The predicted molar refractivity (Wildman–Crippen MR) is 76.4 cm³/mol. The number of nitrogens with one attached hydrogen (secondary N) is 1. The number of hydrogen-bond acceptors (Lipinski definition) is 1. The van der Waals surface area contributed by atoms with Crippen molar-refractivity contribution in [2.24, 2.45) is 0 Å². The summed E-state index contributed by atoms with van der Waals surface area (Å²) in [6.45, 7) is 4.90. The summed E-state index contributed by atoms with van der Waals surface area (Å²) in [7, 11) is 0. The fourth-order valence-corrected chi connectivity index (χ4v) is 2.62. The van der Waals surface area contributed by atoms with E-state index in [-0.39, 0.29) is 5.91 Å². The zero-order valence-electron chi connectivity index (χ0n) is 10.6. The minimum atomic E-state index is -0.0803. The third-order valence-corrected chi connectivity index (χ3v) is 3.57. The smallest absolute Gasteiger partial charge is 0.256 e. The van der Waals surface area contributed by atoms with E-state index in [0.717, 1.165) is 28.6 Å². The van der Waals surface area contributed by atoms with Crippen molar-refractivity contribution in [3.8, 4) is 12.3 Å². The summed E-state index contributed by atoms with van der Waals surface area (Å²) in [6, 6.07) is 8.07. The van der Waals surface area contributed by atoms with Crippen LogP contribution in [0.4, 0.5) is 0 Å². The van der Waals surface area contributed by atoms with E-state index in [1.54, 1.807) is 4.90 Å². The lowest BCUT2D eigenvalue weighted by Crippen LogP contribution is -2.31. The van der Waals surface area contributed by atoms with Crippen LogP contribution in [0.25, 0.3) is 16.5 Å². The van der Waals surface area contributed by atoms with E-state index in [4.69, 9.17) is 6.42 Å². The molecule has 3 rings (SSSR count). The normalized spacial score (nSPS) is 15.2. The first kappa shape index (κ1) is 11.6. The molecule has 19 heavy (non-hydrogen) atoms. The Kier molecular flexibility index (Phi) is 2.64. The number of H-pyrrole nitrogens is 1. The van der Waals surface area contributed by atoms with Crippen LogP contribution >= 0.6 is 0 Å². The Balaban J connectivity index is 2.13. The molecule has 1 N–H and O–H groups in total. The number of aromatic nitrogens is 1. The van der Waals surface area contributed by atoms with E-state index in [1.807, 2.05) is 18.2 Å². The fraction of sp³-hybridized carbons (Fsp3) is 0.188. The standard InChI is InChI=1S/C16H14N2O/c1-3-9-18-10-8-13-12-6-4-5-7-14(12)17-15(13)11(2)16(18)19/h1,4-7,17H,2,8-10H2. The highest BCUT2D eigenvalue weighted by Crippen LogP contribution is 2.30. The van der Waals surface area contributed by atoms with Gasteiger partial charge in [-0.3, -0.25) is 4.79 Å². The van der Waals surface area contributed by atoms with Crippen LogP contribution in [0.15, 0.2) is 30.8 Å². The number of para-hydroxylation sites is 1. The maximum absolute atomic E-state index is 12.3. The molecule has 0 fully saturated rings. The van der Waals surface area contributed by atoms with Crippen LogP contribution in [0.5, 0.6) is 0 Å². The summed E-state index contributed by atoms with van der Waals surface area (Å²) in [5.74, 6) is 2.45. The van der Waals surface area contributed by atoms with Gasteiger partial charge in [-0.05, 0) is 18.1 Å². The number of nitrogens with zero attached hydrogens (tertiary/aromatic N) is 1. The van der Waals surface area contributed by atoms with Gasteiger partial charge in [0, 0.05) is 17.4 Å². The minimum absolute atomic E-state index is 0.0803. The number of hydrogen-bond donors (Lipinski definition) is 1. The zero-order chi connectivity index (χ0) is 13.4. The molecule has 1 aliphatic rings. The molecule has 2 heterocycles. The Bertz CT molecular complexity index is 718. The third-order valence-electron chi connectivity index (χ3n) is 3.57. The number of carbonyl (C=O) groups excluding carboxylic acids is 1. The van der Waals surface area contributed by atoms with Gasteiger partial charge in [-0.25, -0.2) is 0 Å². The van der Waals surface area contributed by atoms with Gasteiger partial charge in [-0.15, -0.1) is 6.42 Å². The molecular formula is C16H14N2O. The predicted octanol–water partition coefficient (Wildman–Crippen LogP) is 2.20. The average Bonchev–Trinajstić information content (AvgIpc) is 2.75. The Hall–Kier alpha value is -2.47. The largest absolute Gasteiger partial charge is 0.354 e. The van der Waals surface area contributed by atoms with Gasteiger partial charge in [0.2, 0.25) is 0 Å². The van der Waals surface area contributed by atoms with Crippen molar-refractivity contribution >= 4 is 22.4 Å². The summed E-state index contributed by atoms with van der Waals surface area (Å²) >= 11 is 0. The summed E-state index contributed by atoms with van der Waals surface area (Å²) in [4.78, 5) is 17.3. The van der Waals surface area contributed by atoms with Gasteiger partial charge in [-0.1, -0.05) is 30.7 Å². The van der Waals surface area contributed by atoms with E-state index in [9.17, 15) is 4.79 Å². The fourth-order valence-electron chi connectivity index (χ4n) is 2.62. The maximum atomic E-state index is 12.3. The average molecular weight is 250 g/mol. The Morgan fingerprint density at radius 2 is 2.21 bits per heavy atom. The lowest BCUT2D eigenvalue weighted by molar-refractivity contribution is -0.124. The highest BCUT2D eigenvalue weighted by Gasteiger charge is 2.26. The third kappa shape index (κ3) is 1.73.